The van der Waals surface area contributed by atoms with Gasteiger partial charge in [0.1, 0.15) is 12.1 Å². The predicted octanol–water partition coefficient (Wildman–Crippen LogP) is 2.02. The molecule has 0 amide bonds. The van der Waals surface area contributed by atoms with E-state index in [4.69, 9.17) is 9.47 Å². The summed E-state index contributed by atoms with van der Waals surface area (Å²) in [6.45, 7) is 3.45. The van der Waals surface area contributed by atoms with Crippen molar-refractivity contribution in [3.8, 4) is 0 Å². The largest absolute Gasteiger partial charge is 0.465 e. The van der Waals surface area contributed by atoms with E-state index >= 15 is 0 Å². The number of nitrogens with one attached hydrogen (secondary N) is 1. The standard InChI is InChI=1S/C18H20N2O4/c1-10-7-16(18(22)24-10)20-6-5-15-13(9-20)12-8-11(17(21)23-2)3-4-14(12)19-15/h3-4,8,10,16,19H,5-7,9H2,1-2H3/t10-,16+/m0/s1. The molecular formula is C18H20N2O4. The quantitative estimate of drug-likeness (QED) is 0.854. The van der Waals surface area contributed by atoms with E-state index in [1.54, 1.807) is 6.07 Å². The van der Waals surface area contributed by atoms with Gasteiger partial charge < -0.3 is 14.5 Å². The van der Waals surface area contributed by atoms with Crippen LogP contribution in [0.25, 0.3) is 10.9 Å². The van der Waals surface area contributed by atoms with Crippen molar-refractivity contribution in [1.29, 1.82) is 0 Å². The Morgan fingerprint density at radius 2 is 2.25 bits per heavy atom. The number of aromatic nitrogens is 1. The van der Waals surface area contributed by atoms with Crippen LogP contribution >= 0.6 is 0 Å². The van der Waals surface area contributed by atoms with Crippen molar-refractivity contribution >= 4 is 22.8 Å². The van der Waals surface area contributed by atoms with Gasteiger partial charge in [0.15, 0.2) is 0 Å². The average molecular weight is 328 g/mol. The lowest BCUT2D eigenvalue weighted by molar-refractivity contribution is -0.145. The molecule has 0 radical (unpaired) electrons. The molecule has 1 aromatic heterocycles. The number of hydrogen-bond donors (Lipinski definition) is 1. The second-order valence-corrected chi connectivity index (χ2v) is 6.55. The zero-order valence-corrected chi connectivity index (χ0v) is 13.8. The summed E-state index contributed by atoms with van der Waals surface area (Å²) >= 11 is 0. The van der Waals surface area contributed by atoms with Crippen molar-refractivity contribution in [2.45, 2.75) is 38.5 Å². The van der Waals surface area contributed by atoms with Gasteiger partial charge in [-0.3, -0.25) is 9.69 Å². The summed E-state index contributed by atoms with van der Waals surface area (Å²) < 4.78 is 10.1. The van der Waals surface area contributed by atoms with E-state index in [-0.39, 0.29) is 24.1 Å². The summed E-state index contributed by atoms with van der Waals surface area (Å²) in [5.41, 5.74) is 3.90. The van der Waals surface area contributed by atoms with E-state index in [0.29, 0.717) is 12.1 Å². The van der Waals surface area contributed by atoms with Crippen LogP contribution in [0.1, 0.15) is 35.0 Å². The third-order valence-corrected chi connectivity index (χ3v) is 5.01. The smallest absolute Gasteiger partial charge is 0.337 e. The SMILES string of the molecule is COC(=O)c1ccc2[nH]c3c(c2c1)CN([C@@H]1C[C@H](C)OC1=O)CC3. The Labute approximate surface area is 139 Å². The van der Waals surface area contributed by atoms with Crippen molar-refractivity contribution in [3.05, 3.63) is 35.0 Å². The number of fused-ring (bicyclic) bond motifs is 3. The Balaban J connectivity index is 1.69. The summed E-state index contributed by atoms with van der Waals surface area (Å²) in [6, 6.07) is 5.39. The fourth-order valence-electron chi connectivity index (χ4n) is 3.78. The monoisotopic (exact) mass is 328 g/mol. The molecule has 24 heavy (non-hydrogen) atoms. The number of methoxy groups -OCH3 is 1. The number of carbonyl (C=O) groups excluding carboxylic acids is 2. The van der Waals surface area contributed by atoms with E-state index in [9.17, 15) is 9.59 Å². The first-order valence-electron chi connectivity index (χ1n) is 8.23. The summed E-state index contributed by atoms with van der Waals surface area (Å²) in [7, 11) is 1.38. The van der Waals surface area contributed by atoms with Crippen LogP contribution in [0.3, 0.4) is 0 Å². The Morgan fingerprint density at radius 1 is 1.42 bits per heavy atom. The molecule has 1 fully saturated rings. The maximum Gasteiger partial charge on any atom is 0.337 e. The topological polar surface area (TPSA) is 71.6 Å². The minimum Gasteiger partial charge on any atom is -0.465 e. The predicted molar refractivity (Wildman–Crippen MR) is 87.7 cm³/mol. The van der Waals surface area contributed by atoms with Crippen molar-refractivity contribution in [3.63, 3.8) is 0 Å². The molecule has 0 saturated carbocycles. The molecule has 0 aliphatic carbocycles. The normalized spacial score (nSPS) is 24.0. The van der Waals surface area contributed by atoms with Crippen molar-refractivity contribution < 1.29 is 19.1 Å². The fourth-order valence-corrected chi connectivity index (χ4v) is 3.78. The van der Waals surface area contributed by atoms with Gasteiger partial charge in [-0.25, -0.2) is 4.79 Å². The fraction of sp³-hybridized carbons (Fsp3) is 0.444. The van der Waals surface area contributed by atoms with Gasteiger partial charge in [-0.2, -0.15) is 0 Å². The van der Waals surface area contributed by atoms with Crippen molar-refractivity contribution in [2.75, 3.05) is 13.7 Å². The number of H-pyrrole nitrogens is 1. The van der Waals surface area contributed by atoms with Gasteiger partial charge in [0, 0.05) is 42.5 Å². The summed E-state index contributed by atoms with van der Waals surface area (Å²) in [5, 5.41) is 1.03. The van der Waals surface area contributed by atoms with Gasteiger partial charge in [0.05, 0.1) is 12.7 Å². The van der Waals surface area contributed by atoms with E-state index in [1.165, 1.54) is 12.8 Å². The number of cyclic esters (lactones) is 1. The highest BCUT2D eigenvalue weighted by molar-refractivity contribution is 5.96. The molecular weight excluding hydrogens is 308 g/mol. The molecule has 0 unspecified atom stereocenters. The van der Waals surface area contributed by atoms with E-state index < -0.39 is 0 Å². The maximum absolute atomic E-state index is 12.0. The molecule has 126 valence electrons. The van der Waals surface area contributed by atoms with Crippen LogP contribution in [-0.4, -0.2) is 47.6 Å². The molecule has 2 atom stereocenters. The second kappa shape index (κ2) is 5.63. The lowest BCUT2D eigenvalue weighted by atomic mass is 10.0. The first-order chi connectivity index (χ1) is 11.6. The van der Waals surface area contributed by atoms with E-state index in [0.717, 1.165) is 35.9 Å². The van der Waals surface area contributed by atoms with Crippen LogP contribution in [0.4, 0.5) is 0 Å². The minimum absolute atomic E-state index is 0.0159. The third kappa shape index (κ3) is 2.38. The van der Waals surface area contributed by atoms with Crippen molar-refractivity contribution in [1.82, 2.24) is 9.88 Å². The number of ether oxygens (including phenoxy) is 2. The summed E-state index contributed by atoms with van der Waals surface area (Å²) in [4.78, 5) is 29.5. The minimum atomic E-state index is -0.340. The zero-order chi connectivity index (χ0) is 16.8. The van der Waals surface area contributed by atoms with Crippen LogP contribution in [-0.2, 0) is 27.2 Å². The molecule has 1 saturated heterocycles. The van der Waals surface area contributed by atoms with Gasteiger partial charge in [0.25, 0.3) is 0 Å². The molecule has 2 aromatic rings. The molecule has 4 rings (SSSR count). The first kappa shape index (κ1) is 15.2. The number of aromatic amines is 1. The molecule has 2 aliphatic rings. The maximum atomic E-state index is 12.0. The van der Waals surface area contributed by atoms with Gasteiger partial charge in [0.2, 0.25) is 0 Å². The molecule has 6 heteroatoms. The highest BCUT2D eigenvalue weighted by Crippen LogP contribution is 2.31. The van der Waals surface area contributed by atoms with Gasteiger partial charge in [-0.1, -0.05) is 0 Å². The lowest BCUT2D eigenvalue weighted by Crippen LogP contribution is -2.41. The van der Waals surface area contributed by atoms with Crippen LogP contribution in [0, 0.1) is 0 Å². The zero-order valence-electron chi connectivity index (χ0n) is 13.8. The van der Waals surface area contributed by atoms with Crippen LogP contribution in [0.15, 0.2) is 18.2 Å². The number of hydrogen-bond acceptors (Lipinski definition) is 5. The van der Waals surface area contributed by atoms with Crippen molar-refractivity contribution in [2.24, 2.45) is 0 Å². The molecule has 6 nitrogen and oxygen atoms in total. The van der Waals surface area contributed by atoms with Crippen LogP contribution in [0.5, 0.6) is 0 Å². The Morgan fingerprint density at radius 3 is 2.96 bits per heavy atom. The average Bonchev–Trinajstić information content (AvgIpc) is 3.12. The first-order valence-corrected chi connectivity index (χ1v) is 8.23. The molecule has 2 aliphatic heterocycles. The van der Waals surface area contributed by atoms with Crippen LogP contribution in [0.2, 0.25) is 0 Å². The van der Waals surface area contributed by atoms with E-state index in [1.807, 2.05) is 19.1 Å². The molecule has 1 aromatic carbocycles. The van der Waals surface area contributed by atoms with Gasteiger partial charge in [-0.05, 0) is 30.7 Å². The van der Waals surface area contributed by atoms with E-state index in [2.05, 4.69) is 9.88 Å². The van der Waals surface area contributed by atoms with Gasteiger partial charge in [-0.15, -0.1) is 0 Å². The number of benzene rings is 1. The highest BCUT2D eigenvalue weighted by atomic mass is 16.6. The number of rotatable bonds is 2. The Kier molecular flexibility index (Phi) is 3.57. The number of esters is 2. The number of carbonyl (C=O) groups is 2. The summed E-state index contributed by atoms with van der Waals surface area (Å²) in [5.74, 6) is -0.464. The Bertz CT molecular complexity index is 826. The highest BCUT2D eigenvalue weighted by Gasteiger charge is 2.38. The second-order valence-electron chi connectivity index (χ2n) is 6.55. The third-order valence-electron chi connectivity index (χ3n) is 5.01. The molecule has 3 heterocycles. The number of nitrogens with zero attached hydrogens (tertiary/aromatic N) is 1. The summed E-state index contributed by atoms with van der Waals surface area (Å²) in [6.07, 6.45) is 1.58. The molecule has 1 N–H and O–H groups in total. The molecule has 0 bridgehead atoms. The van der Waals surface area contributed by atoms with Gasteiger partial charge >= 0.3 is 11.9 Å². The lowest BCUT2D eigenvalue weighted by Gasteiger charge is -2.30. The molecule has 0 spiro atoms. The van der Waals surface area contributed by atoms with Crippen LogP contribution < -0.4 is 0 Å². The Hall–Kier alpha value is -2.34.